The topological polar surface area (TPSA) is 20.2 Å². The van der Waals surface area contributed by atoms with Crippen LogP contribution in [0.3, 0.4) is 0 Å². The molecule has 8 atom stereocenters. The summed E-state index contributed by atoms with van der Waals surface area (Å²) in [5.74, 6) is 2.76. The normalized spacial score (nSPS) is 53.8. The van der Waals surface area contributed by atoms with Gasteiger partial charge in [-0.15, -0.1) is 0 Å². The first kappa shape index (κ1) is 16.1. The second-order valence-corrected chi connectivity index (χ2v) is 9.57. The van der Waals surface area contributed by atoms with Crippen LogP contribution in [0.1, 0.15) is 72.1 Å². The first-order valence-corrected chi connectivity index (χ1v) is 9.88. The fourth-order valence-corrected chi connectivity index (χ4v) is 7.45. The number of rotatable bonds is 1. The molecule has 0 amide bonds. The molecule has 0 radical (unpaired) electrons. The van der Waals surface area contributed by atoms with Crippen LogP contribution < -0.4 is 0 Å². The predicted molar refractivity (Wildman–Crippen MR) is 91.8 cm³/mol. The molecule has 1 nitrogen and oxygen atoms in total. The summed E-state index contributed by atoms with van der Waals surface area (Å²) in [7, 11) is 0. The third-order valence-corrected chi connectivity index (χ3v) is 8.70. The molecule has 3 saturated carbocycles. The lowest BCUT2D eigenvalue weighted by Gasteiger charge is -2.58. The van der Waals surface area contributed by atoms with E-state index in [-0.39, 0.29) is 11.5 Å². The van der Waals surface area contributed by atoms with E-state index < -0.39 is 6.17 Å². The Morgan fingerprint density at radius 3 is 2.65 bits per heavy atom. The molecule has 0 aromatic rings. The number of hydrogen-bond acceptors (Lipinski definition) is 1. The van der Waals surface area contributed by atoms with Gasteiger partial charge in [0.25, 0.3) is 0 Å². The average molecular weight is 320 g/mol. The number of alkyl halides is 1. The lowest BCUT2D eigenvalue weighted by Crippen LogP contribution is -2.51. The number of fused-ring (bicyclic) bond motifs is 5. The van der Waals surface area contributed by atoms with Crippen LogP contribution in [0.4, 0.5) is 4.39 Å². The van der Waals surface area contributed by atoms with Gasteiger partial charge in [0.15, 0.2) is 0 Å². The summed E-state index contributed by atoms with van der Waals surface area (Å²) in [6, 6.07) is 0. The van der Waals surface area contributed by atoms with Gasteiger partial charge in [0.05, 0.1) is 6.10 Å². The maximum atomic E-state index is 13.9. The Hall–Kier alpha value is -0.370. The SMILES string of the molecule is C[C@H](O)[C@H]1CC[C@H]2[C@@H]3CC=C4CC(F)CC[C@]4(C)[C@H]3CC[C@]12C. The van der Waals surface area contributed by atoms with Crippen molar-refractivity contribution < 1.29 is 9.50 Å². The van der Waals surface area contributed by atoms with Crippen LogP contribution in [-0.4, -0.2) is 17.4 Å². The largest absolute Gasteiger partial charge is 0.393 e. The fraction of sp³-hybridized carbons (Fsp3) is 0.905. The quantitative estimate of drug-likeness (QED) is 0.651. The van der Waals surface area contributed by atoms with Crippen LogP contribution >= 0.6 is 0 Å². The van der Waals surface area contributed by atoms with Crippen molar-refractivity contribution in [1.29, 1.82) is 0 Å². The lowest BCUT2D eigenvalue weighted by molar-refractivity contribution is -0.0648. The lowest BCUT2D eigenvalue weighted by atomic mass is 9.47. The summed E-state index contributed by atoms with van der Waals surface area (Å²) in [6.07, 6.45) is 10.3. The van der Waals surface area contributed by atoms with E-state index in [2.05, 4.69) is 19.9 Å². The van der Waals surface area contributed by atoms with Gasteiger partial charge in [-0.3, -0.25) is 0 Å². The minimum Gasteiger partial charge on any atom is -0.393 e. The van der Waals surface area contributed by atoms with Crippen molar-refractivity contribution in [2.45, 2.75) is 84.4 Å². The first-order valence-electron chi connectivity index (χ1n) is 9.88. The van der Waals surface area contributed by atoms with Crippen LogP contribution in [0.15, 0.2) is 11.6 Å². The number of aliphatic hydroxyl groups is 1. The van der Waals surface area contributed by atoms with Gasteiger partial charge in [0.1, 0.15) is 6.17 Å². The molecular weight excluding hydrogens is 287 g/mol. The molecule has 2 heteroatoms. The van der Waals surface area contributed by atoms with E-state index in [4.69, 9.17) is 0 Å². The van der Waals surface area contributed by atoms with Crippen LogP contribution in [0.5, 0.6) is 0 Å². The van der Waals surface area contributed by atoms with Crippen LogP contribution in [-0.2, 0) is 0 Å². The van der Waals surface area contributed by atoms with Crippen molar-refractivity contribution in [2.24, 2.45) is 34.5 Å². The highest BCUT2D eigenvalue weighted by Gasteiger charge is 2.59. The van der Waals surface area contributed by atoms with Crippen molar-refractivity contribution >= 4 is 0 Å². The highest BCUT2D eigenvalue weighted by molar-refractivity contribution is 5.25. The number of aliphatic hydroxyl groups excluding tert-OH is 1. The molecule has 3 fully saturated rings. The van der Waals surface area contributed by atoms with Gasteiger partial charge in [-0.2, -0.15) is 0 Å². The molecule has 0 spiro atoms. The van der Waals surface area contributed by atoms with E-state index in [1.165, 1.54) is 31.3 Å². The molecule has 0 aliphatic heterocycles. The van der Waals surface area contributed by atoms with Gasteiger partial charge in [0, 0.05) is 6.42 Å². The zero-order chi connectivity index (χ0) is 16.4. The van der Waals surface area contributed by atoms with E-state index in [0.717, 1.165) is 37.0 Å². The van der Waals surface area contributed by atoms with Gasteiger partial charge < -0.3 is 5.11 Å². The standard InChI is InChI=1S/C21H33FO/c1-13(23)17-6-7-18-16-5-4-14-12-15(22)8-10-20(14,2)19(16)9-11-21(17,18)3/h4,13,15-19,23H,5-12H2,1-3H3/t13-,15?,16-,17+,18-,19-,20-,21+/m0/s1. The average Bonchev–Trinajstić information content (AvgIpc) is 2.85. The summed E-state index contributed by atoms with van der Waals surface area (Å²) >= 11 is 0. The fourth-order valence-electron chi connectivity index (χ4n) is 7.45. The molecular formula is C21H33FO. The Morgan fingerprint density at radius 2 is 1.91 bits per heavy atom. The summed E-state index contributed by atoms with van der Waals surface area (Å²) in [5, 5.41) is 10.3. The van der Waals surface area contributed by atoms with E-state index in [1.54, 1.807) is 0 Å². The monoisotopic (exact) mass is 320 g/mol. The third-order valence-electron chi connectivity index (χ3n) is 8.70. The van der Waals surface area contributed by atoms with Crippen molar-refractivity contribution in [2.75, 3.05) is 0 Å². The van der Waals surface area contributed by atoms with Crippen LogP contribution in [0, 0.1) is 34.5 Å². The molecule has 0 aromatic heterocycles. The Bertz CT molecular complexity index is 512. The van der Waals surface area contributed by atoms with Crippen molar-refractivity contribution in [3.05, 3.63) is 11.6 Å². The van der Waals surface area contributed by atoms with E-state index in [9.17, 15) is 9.50 Å². The smallest absolute Gasteiger partial charge is 0.104 e. The van der Waals surface area contributed by atoms with Crippen molar-refractivity contribution in [3.8, 4) is 0 Å². The molecule has 23 heavy (non-hydrogen) atoms. The zero-order valence-electron chi connectivity index (χ0n) is 15.0. The summed E-state index contributed by atoms with van der Waals surface area (Å²) in [6.45, 7) is 6.89. The van der Waals surface area contributed by atoms with E-state index in [0.29, 0.717) is 17.8 Å². The summed E-state index contributed by atoms with van der Waals surface area (Å²) in [4.78, 5) is 0. The van der Waals surface area contributed by atoms with Gasteiger partial charge in [-0.25, -0.2) is 4.39 Å². The number of allylic oxidation sites excluding steroid dienone is 2. The molecule has 1 N–H and O–H groups in total. The van der Waals surface area contributed by atoms with Crippen LogP contribution in [0.2, 0.25) is 0 Å². The molecule has 0 heterocycles. The molecule has 0 saturated heterocycles. The molecule has 130 valence electrons. The van der Waals surface area contributed by atoms with Gasteiger partial charge >= 0.3 is 0 Å². The Balaban J connectivity index is 1.65. The van der Waals surface area contributed by atoms with Gasteiger partial charge in [-0.05, 0) is 86.4 Å². The molecule has 4 rings (SSSR count). The van der Waals surface area contributed by atoms with Gasteiger partial charge in [-0.1, -0.05) is 25.5 Å². The van der Waals surface area contributed by atoms with Crippen LogP contribution in [0.25, 0.3) is 0 Å². The Kier molecular flexibility index (Phi) is 3.72. The minimum atomic E-state index is -0.606. The molecule has 0 aromatic carbocycles. The van der Waals surface area contributed by atoms with Gasteiger partial charge in [0.2, 0.25) is 0 Å². The summed E-state index contributed by atoms with van der Waals surface area (Å²) < 4.78 is 13.9. The predicted octanol–water partition coefficient (Wildman–Crippen LogP) is 5.28. The maximum absolute atomic E-state index is 13.9. The van der Waals surface area contributed by atoms with Crippen molar-refractivity contribution in [1.82, 2.24) is 0 Å². The Labute approximate surface area is 140 Å². The van der Waals surface area contributed by atoms with Crippen molar-refractivity contribution in [3.63, 3.8) is 0 Å². The highest BCUT2D eigenvalue weighted by atomic mass is 19.1. The van der Waals surface area contributed by atoms with E-state index in [1.807, 2.05) is 6.92 Å². The third kappa shape index (κ3) is 2.19. The summed E-state index contributed by atoms with van der Waals surface area (Å²) in [5.41, 5.74) is 2.02. The second-order valence-electron chi connectivity index (χ2n) is 9.57. The zero-order valence-corrected chi connectivity index (χ0v) is 15.0. The Morgan fingerprint density at radius 1 is 1.13 bits per heavy atom. The first-order chi connectivity index (χ1) is 10.9. The highest BCUT2D eigenvalue weighted by Crippen LogP contribution is 2.66. The maximum Gasteiger partial charge on any atom is 0.104 e. The molecule has 1 unspecified atom stereocenters. The minimum absolute atomic E-state index is 0.172. The number of halogens is 1. The molecule has 4 aliphatic rings. The van der Waals surface area contributed by atoms with E-state index >= 15 is 0 Å². The molecule has 4 aliphatic carbocycles. The molecule has 0 bridgehead atoms. The number of hydrogen-bond donors (Lipinski definition) is 1. The second kappa shape index (κ2) is 5.31.